The van der Waals surface area contributed by atoms with Gasteiger partial charge in [0.05, 0.1) is 33.6 Å². The summed E-state index contributed by atoms with van der Waals surface area (Å²) in [5.41, 5.74) is 4.03. The quantitative estimate of drug-likeness (QED) is 0.922. The maximum atomic E-state index is 4.40. The SMILES string of the molecule is CCCNC(c1cscn1)c1c(Br)cnn1C. The summed E-state index contributed by atoms with van der Waals surface area (Å²) in [7, 11) is 1.95. The molecule has 6 heteroatoms. The van der Waals surface area contributed by atoms with Gasteiger partial charge in [-0.05, 0) is 28.9 Å². The largest absolute Gasteiger partial charge is 0.304 e. The standard InChI is InChI=1S/C11H15BrN4S/c1-3-4-13-10(9-6-17-7-14-9)11-8(12)5-15-16(11)2/h5-7,10,13H,3-4H2,1-2H3. The minimum Gasteiger partial charge on any atom is -0.304 e. The third-order valence-electron chi connectivity index (χ3n) is 2.56. The van der Waals surface area contributed by atoms with E-state index < -0.39 is 0 Å². The molecule has 0 saturated heterocycles. The van der Waals surface area contributed by atoms with Crippen molar-refractivity contribution in [3.8, 4) is 0 Å². The van der Waals surface area contributed by atoms with Crippen molar-refractivity contribution in [1.29, 1.82) is 0 Å². The highest BCUT2D eigenvalue weighted by molar-refractivity contribution is 9.10. The Labute approximate surface area is 113 Å². The Morgan fingerprint density at radius 2 is 2.41 bits per heavy atom. The summed E-state index contributed by atoms with van der Waals surface area (Å²) >= 11 is 5.16. The summed E-state index contributed by atoms with van der Waals surface area (Å²) in [4.78, 5) is 4.40. The molecule has 1 N–H and O–H groups in total. The maximum absolute atomic E-state index is 4.40. The summed E-state index contributed by atoms with van der Waals surface area (Å²) in [5.74, 6) is 0. The lowest BCUT2D eigenvalue weighted by Gasteiger charge is -2.17. The first-order chi connectivity index (χ1) is 8.24. The molecule has 0 saturated carbocycles. The number of hydrogen-bond acceptors (Lipinski definition) is 4. The van der Waals surface area contributed by atoms with Crippen molar-refractivity contribution in [3.63, 3.8) is 0 Å². The van der Waals surface area contributed by atoms with Crippen LogP contribution < -0.4 is 5.32 Å². The second-order valence-corrected chi connectivity index (χ2v) is 5.37. The van der Waals surface area contributed by atoms with E-state index in [1.165, 1.54) is 0 Å². The average Bonchev–Trinajstić information content (AvgIpc) is 2.93. The van der Waals surface area contributed by atoms with Crippen molar-refractivity contribution in [1.82, 2.24) is 20.1 Å². The zero-order valence-corrected chi connectivity index (χ0v) is 12.3. The second kappa shape index (κ2) is 5.75. The van der Waals surface area contributed by atoms with Gasteiger partial charge in [0, 0.05) is 12.4 Å². The number of thiazole rings is 1. The Kier molecular flexibility index (Phi) is 4.31. The molecule has 0 aromatic carbocycles. The number of rotatable bonds is 5. The minimum atomic E-state index is 0.100. The topological polar surface area (TPSA) is 42.7 Å². The minimum absolute atomic E-state index is 0.100. The lowest BCUT2D eigenvalue weighted by molar-refractivity contribution is 0.544. The fourth-order valence-electron chi connectivity index (χ4n) is 1.74. The molecule has 17 heavy (non-hydrogen) atoms. The highest BCUT2D eigenvalue weighted by Gasteiger charge is 2.21. The molecule has 1 atom stereocenters. The third-order valence-corrected chi connectivity index (χ3v) is 3.77. The van der Waals surface area contributed by atoms with Gasteiger partial charge in [-0.15, -0.1) is 11.3 Å². The Morgan fingerprint density at radius 3 is 2.94 bits per heavy atom. The van der Waals surface area contributed by atoms with Crippen molar-refractivity contribution in [2.75, 3.05) is 6.54 Å². The fraction of sp³-hybridized carbons (Fsp3) is 0.455. The van der Waals surface area contributed by atoms with E-state index in [0.29, 0.717) is 0 Å². The maximum Gasteiger partial charge on any atom is 0.0941 e. The smallest absolute Gasteiger partial charge is 0.0941 e. The van der Waals surface area contributed by atoms with E-state index in [4.69, 9.17) is 0 Å². The number of aryl methyl sites for hydroxylation is 1. The Hall–Kier alpha value is -0.720. The van der Waals surface area contributed by atoms with E-state index in [-0.39, 0.29) is 6.04 Å². The Bertz CT molecular complexity index is 446. The summed E-state index contributed by atoms with van der Waals surface area (Å²) < 4.78 is 2.90. The number of nitrogens with zero attached hydrogens (tertiary/aromatic N) is 3. The molecule has 0 aliphatic heterocycles. The number of aromatic nitrogens is 3. The van der Waals surface area contributed by atoms with Gasteiger partial charge in [0.15, 0.2) is 0 Å². The van der Waals surface area contributed by atoms with Crippen molar-refractivity contribution in [3.05, 3.63) is 32.9 Å². The van der Waals surface area contributed by atoms with Crippen LogP contribution in [0.25, 0.3) is 0 Å². The summed E-state index contributed by atoms with van der Waals surface area (Å²) in [6.45, 7) is 3.11. The number of hydrogen-bond donors (Lipinski definition) is 1. The average molecular weight is 315 g/mol. The summed E-state index contributed by atoms with van der Waals surface area (Å²) in [6.07, 6.45) is 2.92. The molecule has 2 heterocycles. The van der Waals surface area contributed by atoms with E-state index >= 15 is 0 Å². The Balaban J connectivity index is 2.33. The molecule has 2 rings (SSSR count). The third kappa shape index (κ3) is 2.75. The van der Waals surface area contributed by atoms with Gasteiger partial charge in [-0.3, -0.25) is 4.68 Å². The van der Waals surface area contributed by atoms with Crippen LogP contribution in [0.1, 0.15) is 30.8 Å². The molecule has 4 nitrogen and oxygen atoms in total. The number of nitrogens with one attached hydrogen (secondary N) is 1. The van der Waals surface area contributed by atoms with Crippen LogP contribution in [0.15, 0.2) is 21.6 Å². The highest BCUT2D eigenvalue weighted by atomic mass is 79.9. The van der Waals surface area contributed by atoms with Crippen LogP contribution in [0.3, 0.4) is 0 Å². The van der Waals surface area contributed by atoms with Gasteiger partial charge in [0.25, 0.3) is 0 Å². The van der Waals surface area contributed by atoms with E-state index in [1.54, 1.807) is 11.3 Å². The first-order valence-corrected chi connectivity index (χ1v) is 7.26. The second-order valence-electron chi connectivity index (χ2n) is 3.80. The summed E-state index contributed by atoms with van der Waals surface area (Å²) in [5, 5.41) is 9.85. The molecule has 0 aliphatic carbocycles. The van der Waals surface area contributed by atoms with Crippen LogP contribution in [-0.2, 0) is 7.05 Å². The van der Waals surface area contributed by atoms with Gasteiger partial charge in [-0.2, -0.15) is 5.10 Å². The molecule has 92 valence electrons. The lowest BCUT2D eigenvalue weighted by atomic mass is 10.1. The highest BCUT2D eigenvalue weighted by Crippen LogP contribution is 2.27. The Morgan fingerprint density at radius 1 is 1.59 bits per heavy atom. The fourth-order valence-corrected chi connectivity index (χ4v) is 2.90. The first kappa shape index (κ1) is 12.7. The van der Waals surface area contributed by atoms with E-state index in [0.717, 1.165) is 28.8 Å². The van der Waals surface area contributed by atoms with Crippen molar-refractivity contribution < 1.29 is 0 Å². The van der Waals surface area contributed by atoms with Crippen LogP contribution in [0.2, 0.25) is 0 Å². The van der Waals surface area contributed by atoms with Crippen LogP contribution in [0, 0.1) is 0 Å². The molecule has 0 spiro atoms. The van der Waals surface area contributed by atoms with Crippen LogP contribution in [0.5, 0.6) is 0 Å². The van der Waals surface area contributed by atoms with Gasteiger partial charge in [0.1, 0.15) is 0 Å². The molecule has 0 radical (unpaired) electrons. The first-order valence-electron chi connectivity index (χ1n) is 5.53. The normalized spacial score (nSPS) is 12.9. The molecular formula is C11H15BrN4S. The van der Waals surface area contributed by atoms with Crippen molar-refractivity contribution in [2.45, 2.75) is 19.4 Å². The van der Waals surface area contributed by atoms with E-state index in [1.807, 2.05) is 23.4 Å². The molecule has 0 aliphatic rings. The molecule has 1 unspecified atom stereocenters. The lowest BCUT2D eigenvalue weighted by Crippen LogP contribution is -2.25. The monoisotopic (exact) mass is 314 g/mol. The van der Waals surface area contributed by atoms with Crippen LogP contribution in [0.4, 0.5) is 0 Å². The molecule has 0 amide bonds. The van der Waals surface area contributed by atoms with Gasteiger partial charge in [-0.25, -0.2) is 4.98 Å². The predicted molar refractivity (Wildman–Crippen MR) is 73.2 cm³/mol. The van der Waals surface area contributed by atoms with Crippen molar-refractivity contribution >= 4 is 27.3 Å². The van der Waals surface area contributed by atoms with Crippen LogP contribution >= 0.6 is 27.3 Å². The van der Waals surface area contributed by atoms with Gasteiger partial charge >= 0.3 is 0 Å². The van der Waals surface area contributed by atoms with Gasteiger partial charge in [-0.1, -0.05) is 6.92 Å². The molecule has 2 aromatic rings. The van der Waals surface area contributed by atoms with Gasteiger partial charge < -0.3 is 5.32 Å². The number of halogens is 1. The van der Waals surface area contributed by atoms with Crippen molar-refractivity contribution in [2.24, 2.45) is 7.05 Å². The molecular weight excluding hydrogens is 300 g/mol. The predicted octanol–water partition coefficient (Wildman–Crippen LogP) is 2.73. The van der Waals surface area contributed by atoms with Gasteiger partial charge in [0.2, 0.25) is 0 Å². The molecule has 0 bridgehead atoms. The summed E-state index contributed by atoms with van der Waals surface area (Å²) in [6, 6.07) is 0.100. The van der Waals surface area contributed by atoms with Crippen LogP contribution in [-0.4, -0.2) is 21.3 Å². The van der Waals surface area contributed by atoms with E-state index in [2.05, 4.69) is 43.6 Å². The molecule has 2 aromatic heterocycles. The molecule has 0 fully saturated rings. The zero-order valence-electron chi connectivity index (χ0n) is 9.85. The van der Waals surface area contributed by atoms with E-state index in [9.17, 15) is 0 Å². The zero-order chi connectivity index (χ0) is 12.3.